The number of carbonyl (C=O) groups is 5. The lowest BCUT2D eigenvalue weighted by Gasteiger charge is -2.39. The highest BCUT2D eigenvalue weighted by atomic mass is 16.6. The number of ketones is 2. The third kappa shape index (κ3) is 14.6. The summed E-state index contributed by atoms with van der Waals surface area (Å²) in [4.78, 5) is 66.2. The number of nitrogens with zero attached hydrogens (tertiary/aromatic N) is 3. The highest BCUT2D eigenvalue weighted by Crippen LogP contribution is 2.44. The Labute approximate surface area is 351 Å². The molecule has 2 aromatic rings. The van der Waals surface area contributed by atoms with E-state index in [-0.39, 0.29) is 44.9 Å². The Balaban J connectivity index is 0. The number of rotatable bonds is 13. The molecule has 1 aliphatic carbocycles. The fourth-order valence-electron chi connectivity index (χ4n) is 6.70. The minimum atomic E-state index is -0.803. The molecule has 0 unspecified atom stereocenters. The van der Waals surface area contributed by atoms with Crippen molar-refractivity contribution in [2.24, 2.45) is 10.8 Å². The van der Waals surface area contributed by atoms with Crippen LogP contribution in [-0.4, -0.2) is 109 Å². The summed E-state index contributed by atoms with van der Waals surface area (Å²) in [6.07, 6.45) is 2.26. The van der Waals surface area contributed by atoms with Crippen molar-refractivity contribution >= 4 is 29.7 Å². The molecule has 0 saturated carbocycles. The largest absolute Gasteiger partial charge is 0.448 e. The molecule has 0 saturated heterocycles. The fraction of sp³-hybridized carbons (Fsp3) is 0.553. The van der Waals surface area contributed by atoms with Gasteiger partial charge in [-0.3, -0.25) is 19.3 Å². The zero-order chi connectivity index (χ0) is 43.3. The van der Waals surface area contributed by atoms with E-state index < -0.39 is 46.7 Å². The molecule has 0 aliphatic heterocycles. The second-order valence-corrected chi connectivity index (χ2v) is 16.4. The molecule has 11 nitrogen and oxygen atoms in total. The van der Waals surface area contributed by atoms with Gasteiger partial charge in [0, 0.05) is 37.9 Å². The summed E-state index contributed by atoms with van der Waals surface area (Å²) in [6, 6.07) is 14.2. The zero-order valence-corrected chi connectivity index (χ0v) is 36.6. The molecule has 0 aromatic heterocycles. The summed E-state index contributed by atoms with van der Waals surface area (Å²) in [6.45, 7) is 28.2. The lowest BCUT2D eigenvalue weighted by Crippen LogP contribution is -2.55. The van der Waals surface area contributed by atoms with Crippen LogP contribution in [0.1, 0.15) is 108 Å². The minimum Gasteiger partial charge on any atom is -0.448 e. The molecule has 0 bridgehead atoms. The van der Waals surface area contributed by atoms with Crippen molar-refractivity contribution < 1.29 is 33.4 Å². The summed E-state index contributed by atoms with van der Waals surface area (Å²) in [5, 5.41) is 2.93. The second kappa shape index (κ2) is 23.6. The Morgan fingerprint density at radius 1 is 0.724 bits per heavy atom. The standard InChI is InChI=1S/C28H34N2O4.C14H25NO3.C3H9N.2CH4/c1-8-28(4,5)25(19(3)31)30(7)26(32)18(2)29(6)27(33)34-17-24-22-15-11-9-13-20(22)21-14-10-12-16-23(21)24;1-9-14(6,7)11(10(2)16)15(8)12(17)18-13(3,4)5;1-3-4-2;;/h8-16,18,24-25H,1,17H2,2-7H3;9,11H,1H2,2-8H3;4H,3H2,1-2H3;2*1H4/t18-,25-;11-;;;/m11.../s1. The summed E-state index contributed by atoms with van der Waals surface area (Å²) in [7, 11) is 6.63. The van der Waals surface area contributed by atoms with E-state index in [0.717, 1.165) is 28.8 Å². The summed E-state index contributed by atoms with van der Waals surface area (Å²) < 4.78 is 11.0. The zero-order valence-electron chi connectivity index (χ0n) is 36.6. The Kier molecular flexibility index (Phi) is 22.5. The van der Waals surface area contributed by atoms with Gasteiger partial charge in [-0.05, 0) is 77.4 Å². The molecular formula is C47H76N4O7. The molecule has 3 amide bonds. The van der Waals surface area contributed by atoms with E-state index in [4.69, 9.17) is 9.47 Å². The molecule has 1 aliphatic rings. The van der Waals surface area contributed by atoms with Crippen LogP contribution in [0, 0.1) is 10.8 Å². The number of Topliss-reactive ketones (excluding diaryl/α,β-unsaturated/α-hetero) is 2. The minimum absolute atomic E-state index is 0. The van der Waals surface area contributed by atoms with E-state index in [1.807, 2.05) is 59.0 Å². The third-order valence-electron chi connectivity index (χ3n) is 9.95. The lowest BCUT2D eigenvalue weighted by molar-refractivity contribution is -0.143. The number of fused-ring (bicyclic) bond motifs is 3. The van der Waals surface area contributed by atoms with Gasteiger partial charge in [-0.1, -0.05) is 110 Å². The average molecular weight is 809 g/mol. The van der Waals surface area contributed by atoms with Gasteiger partial charge in [0.25, 0.3) is 0 Å². The number of nitrogens with one attached hydrogen (secondary N) is 1. The first-order valence-electron chi connectivity index (χ1n) is 19.1. The van der Waals surface area contributed by atoms with Gasteiger partial charge >= 0.3 is 12.2 Å². The average Bonchev–Trinajstić information content (AvgIpc) is 3.45. The molecular weight excluding hydrogens is 733 g/mol. The van der Waals surface area contributed by atoms with Gasteiger partial charge in [0.05, 0.1) is 6.04 Å². The SMILES string of the molecule is C.C.C=CC(C)(C)[C@@H](C(C)=O)N(C)C(=O)OC(C)(C)C.C=CC(C)(C)[C@@H](C(C)=O)N(C)C(=O)[C@@H](C)N(C)C(=O)OCC1c2ccccc2-c2ccccc21.CCNC. The van der Waals surface area contributed by atoms with Gasteiger partial charge in [-0.15, -0.1) is 13.2 Å². The van der Waals surface area contributed by atoms with Crippen molar-refractivity contribution in [2.75, 3.05) is 41.3 Å². The summed E-state index contributed by atoms with van der Waals surface area (Å²) in [5.41, 5.74) is 2.86. The van der Waals surface area contributed by atoms with E-state index in [2.05, 4.69) is 49.7 Å². The van der Waals surface area contributed by atoms with Gasteiger partial charge in [-0.25, -0.2) is 9.59 Å². The topological polar surface area (TPSA) is 126 Å². The van der Waals surface area contributed by atoms with Crippen LogP contribution in [0.5, 0.6) is 0 Å². The van der Waals surface area contributed by atoms with Crippen LogP contribution in [0.4, 0.5) is 9.59 Å². The first-order chi connectivity index (χ1) is 25.8. The number of hydrogen-bond acceptors (Lipinski definition) is 8. The highest BCUT2D eigenvalue weighted by Gasteiger charge is 2.40. The van der Waals surface area contributed by atoms with Gasteiger partial charge in [0.2, 0.25) is 5.91 Å². The molecule has 3 rings (SSSR count). The predicted octanol–water partition coefficient (Wildman–Crippen LogP) is 9.41. The molecule has 326 valence electrons. The Hall–Kier alpha value is -4.77. The molecule has 11 heteroatoms. The van der Waals surface area contributed by atoms with Crippen molar-refractivity contribution in [1.29, 1.82) is 0 Å². The van der Waals surface area contributed by atoms with E-state index in [1.165, 1.54) is 35.6 Å². The van der Waals surface area contributed by atoms with Gasteiger partial charge < -0.3 is 24.6 Å². The quantitative estimate of drug-likeness (QED) is 0.199. The maximum Gasteiger partial charge on any atom is 0.410 e. The van der Waals surface area contributed by atoms with E-state index in [0.29, 0.717) is 0 Å². The Bertz CT molecular complexity index is 1650. The van der Waals surface area contributed by atoms with Crippen molar-refractivity contribution in [3.63, 3.8) is 0 Å². The first kappa shape index (κ1) is 55.3. The van der Waals surface area contributed by atoms with Gasteiger partial charge in [0.1, 0.15) is 24.3 Å². The smallest absolute Gasteiger partial charge is 0.410 e. The predicted molar refractivity (Wildman–Crippen MR) is 239 cm³/mol. The third-order valence-corrected chi connectivity index (χ3v) is 9.95. The van der Waals surface area contributed by atoms with E-state index in [9.17, 15) is 24.0 Å². The van der Waals surface area contributed by atoms with Crippen LogP contribution in [-0.2, 0) is 23.9 Å². The number of likely N-dealkylation sites (N-methyl/N-ethyl adjacent to an activating group) is 3. The maximum atomic E-state index is 13.2. The van der Waals surface area contributed by atoms with Crippen LogP contribution in [0.15, 0.2) is 73.8 Å². The van der Waals surface area contributed by atoms with Crippen molar-refractivity contribution in [3.8, 4) is 11.1 Å². The van der Waals surface area contributed by atoms with Crippen molar-refractivity contribution in [2.45, 2.75) is 121 Å². The highest BCUT2D eigenvalue weighted by molar-refractivity contribution is 5.91. The normalized spacial score (nSPS) is 13.2. The maximum absolute atomic E-state index is 13.2. The fourth-order valence-corrected chi connectivity index (χ4v) is 6.70. The molecule has 0 spiro atoms. The Morgan fingerprint density at radius 3 is 1.45 bits per heavy atom. The second-order valence-electron chi connectivity index (χ2n) is 16.4. The number of ether oxygens (including phenoxy) is 2. The number of carbonyl (C=O) groups excluding carboxylic acids is 5. The summed E-state index contributed by atoms with van der Waals surface area (Å²) >= 11 is 0. The van der Waals surface area contributed by atoms with Gasteiger partial charge in [-0.2, -0.15) is 0 Å². The number of hydrogen-bond donors (Lipinski definition) is 1. The van der Waals surface area contributed by atoms with Crippen LogP contribution >= 0.6 is 0 Å². The van der Waals surface area contributed by atoms with Crippen LogP contribution in [0.3, 0.4) is 0 Å². The van der Waals surface area contributed by atoms with Gasteiger partial charge in [0.15, 0.2) is 11.6 Å². The molecule has 2 aromatic carbocycles. The summed E-state index contributed by atoms with van der Waals surface area (Å²) in [5.74, 6) is -0.634. The first-order valence-corrected chi connectivity index (χ1v) is 19.1. The van der Waals surface area contributed by atoms with E-state index in [1.54, 1.807) is 53.9 Å². The van der Waals surface area contributed by atoms with Crippen molar-refractivity contribution in [1.82, 2.24) is 20.0 Å². The Morgan fingerprint density at radius 2 is 1.10 bits per heavy atom. The molecule has 1 N–H and O–H groups in total. The van der Waals surface area contributed by atoms with Crippen molar-refractivity contribution in [3.05, 3.63) is 85.0 Å². The number of benzene rings is 2. The molecule has 0 radical (unpaired) electrons. The van der Waals surface area contributed by atoms with Crippen LogP contribution in [0.25, 0.3) is 11.1 Å². The number of amides is 3. The van der Waals surface area contributed by atoms with E-state index >= 15 is 0 Å². The monoisotopic (exact) mass is 809 g/mol. The van der Waals surface area contributed by atoms with Crippen LogP contribution < -0.4 is 5.32 Å². The molecule has 0 fully saturated rings. The molecule has 58 heavy (non-hydrogen) atoms. The molecule has 3 atom stereocenters. The lowest BCUT2D eigenvalue weighted by atomic mass is 9.81. The molecule has 0 heterocycles. The van der Waals surface area contributed by atoms with Crippen LogP contribution in [0.2, 0.25) is 0 Å².